The van der Waals surface area contributed by atoms with Crippen LogP contribution < -0.4 is 10.2 Å². The molecule has 0 saturated carbocycles. The van der Waals surface area contributed by atoms with Crippen LogP contribution in [0.15, 0.2) is 60.7 Å². The highest BCUT2D eigenvalue weighted by molar-refractivity contribution is 8.00. The molecule has 3 aromatic carbocycles. The van der Waals surface area contributed by atoms with Crippen LogP contribution in [0.2, 0.25) is 10.0 Å². The minimum Gasteiger partial charge on any atom is -0.322 e. The number of nitrogens with one attached hydrogen (secondary N) is 1. The van der Waals surface area contributed by atoms with Crippen molar-refractivity contribution in [1.82, 2.24) is 0 Å². The largest absolute Gasteiger partial charge is 0.322 e. The number of anilines is 2. The van der Waals surface area contributed by atoms with Gasteiger partial charge in [-0.3, -0.25) is 14.5 Å². The molecule has 1 aliphatic rings. The molecule has 1 atom stereocenters. The van der Waals surface area contributed by atoms with Gasteiger partial charge in [0.1, 0.15) is 11.2 Å². The lowest BCUT2D eigenvalue weighted by molar-refractivity contribution is -0.115. The Morgan fingerprint density at radius 3 is 2.65 bits per heavy atom. The number of amides is 2. The molecule has 3 aromatic rings. The second-order valence-electron chi connectivity index (χ2n) is 7.07. The first-order valence-corrected chi connectivity index (χ1v) is 11.2. The van der Waals surface area contributed by atoms with Crippen molar-refractivity contribution in [1.29, 1.82) is 0 Å². The van der Waals surface area contributed by atoms with Crippen LogP contribution in [0.25, 0.3) is 0 Å². The Morgan fingerprint density at radius 1 is 1.10 bits per heavy atom. The number of carbonyl (C=O) groups excluding carboxylic acids is 2. The molecular formula is C23H17Cl2FN2O2S. The molecule has 8 heteroatoms. The Balaban J connectivity index is 1.59. The van der Waals surface area contributed by atoms with Crippen molar-refractivity contribution >= 4 is 58.2 Å². The highest BCUT2D eigenvalue weighted by atomic mass is 35.5. The molecule has 1 fully saturated rings. The second-order valence-corrected chi connectivity index (χ2v) is 8.95. The van der Waals surface area contributed by atoms with Crippen LogP contribution in [-0.2, 0) is 4.79 Å². The van der Waals surface area contributed by atoms with Gasteiger partial charge in [-0.2, -0.15) is 0 Å². The molecule has 1 N–H and O–H groups in total. The quantitative estimate of drug-likeness (QED) is 0.471. The molecule has 2 amide bonds. The number of halogens is 3. The second kappa shape index (κ2) is 8.91. The molecule has 158 valence electrons. The van der Waals surface area contributed by atoms with Crippen molar-refractivity contribution in [3.63, 3.8) is 0 Å². The van der Waals surface area contributed by atoms with E-state index >= 15 is 0 Å². The molecule has 0 unspecified atom stereocenters. The van der Waals surface area contributed by atoms with E-state index in [1.54, 1.807) is 48.2 Å². The van der Waals surface area contributed by atoms with E-state index in [-0.39, 0.29) is 23.0 Å². The summed E-state index contributed by atoms with van der Waals surface area (Å²) in [6.45, 7) is 1.68. The van der Waals surface area contributed by atoms with Crippen LogP contribution in [0, 0.1) is 12.7 Å². The molecular weight excluding hydrogens is 458 g/mol. The third-order valence-corrected chi connectivity index (χ3v) is 6.86. The summed E-state index contributed by atoms with van der Waals surface area (Å²) in [5, 5.41) is 3.18. The molecule has 31 heavy (non-hydrogen) atoms. The number of benzene rings is 3. The van der Waals surface area contributed by atoms with Crippen molar-refractivity contribution in [2.24, 2.45) is 0 Å². The first-order valence-electron chi connectivity index (χ1n) is 9.39. The van der Waals surface area contributed by atoms with Gasteiger partial charge in [0.05, 0.1) is 15.8 Å². The third-order valence-electron chi connectivity index (χ3n) is 4.91. The summed E-state index contributed by atoms with van der Waals surface area (Å²) in [6.07, 6.45) is 0. The topological polar surface area (TPSA) is 49.4 Å². The van der Waals surface area contributed by atoms with Crippen LogP contribution in [0.1, 0.15) is 26.9 Å². The van der Waals surface area contributed by atoms with Crippen LogP contribution in [-0.4, -0.2) is 17.6 Å². The van der Waals surface area contributed by atoms with Crippen molar-refractivity contribution in [3.05, 3.63) is 93.2 Å². The average molecular weight is 475 g/mol. The summed E-state index contributed by atoms with van der Waals surface area (Å²) in [6, 6.07) is 16.7. The summed E-state index contributed by atoms with van der Waals surface area (Å²) >= 11 is 13.4. The fourth-order valence-electron chi connectivity index (χ4n) is 3.29. The van der Waals surface area contributed by atoms with Gasteiger partial charge in [-0.15, -0.1) is 11.8 Å². The molecule has 1 saturated heterocycles. The van der Waals surface area contributed by atoms with Gasteiger partial charge >= 0.3 is 0 Å². The molecule has 0 aromatic heterocycles. The molecule has 0 radical (unpaired) electrons. The van der Waals surface area contributed by atoms with Crippen LogP contribution in [0.3, 0.4) is 0 Å². The van der Waals surface area contributed by atoms with E-state index in [0.717, 1.165) is 5.56 Å². The smallest absolute Gasteiger partial charge is 0.255 e. The van der Waals surface area contributed by atoms with Crippen LogP contribution >= 0.6 is 35.0 Å². The van der Waals surface area contributed by atoms with Gasteiger partial charge in [0, 0.05) is 16.9 Å². The van der Waals surface area contributed by atoms with E-state index in [1.807, 2.05) is 12.1 Å². The SMILES string of the molecule is Cc1ccc(N2C(=O)CS[C@@H]2c2cccc(NC(=O)c3ccc(Cl)c(Cl)c3)c2)cc1F. The number of thioether (sulfide) groups is 1. The zero-order chi connectivity index (χ0) is 22.1. The monoisotopic (exact) mass is 474 g/mol. The summed E-state index contributed by atoms with van der Waals surface area (Å²) in [7, 11) is 0. The minimum absolute atomic E-state index is 0.0940. The summed E-state index contributed by atoms with van der Waals surface area (Å²) < 4.78 is 14.1. The first kappa shape index (κ1) is 21.7. The molecule has 4 rings (SSSR count). The number of hydrogen-bond donors (Lipinski definition) is 1. The Hall–Kier alpha value is -2.54. The fourth-order valence-corrected chi connectivity index (χ4v) is 4.76. The Labute approximate surface area is 193 Å². The lowest BCUT2D eigenvalue weighted by Gasteiger charge is -2.25. The van der Waals surface area contributed by atoms with Crippen LogP contribution in [0.5, 0.6) is 0 Å². The van der Waals surface area contributed by atoms with Gasteiger partial charge in [0.25, 0.3) is 5.91 Å². The van der Waals surface area contributed by atoms with E-state index in [1.165, 1.54) is 23.9 Å². The highest BCUT2D eigenvalue weighted by Gasteiger charge is 2.34. The van der Waals surface area contributed by atoms with Crippen molar-refractivity contribution in [3.8, 4) is 0 Å². The number of hydrogen-bond acceptors (Lipinski definition) is 3. The van der Waals surface area contributed by atoms with Gasteiger partial charge in [-0.25, -0.2) is 4.39 Å². The standard InChI is InChI=1S/C23H17Cl2FN2O2S/c1-13-5-7-17(11-20(13)26)28-21(29)12-31-23(28)15-3-2-4-16(9-15)27-22(30)14-6-8-18(24)19(25)10-14/h2-11,23H,12H2,1H3,(H,27,30)/t23-/m1/s1. The maximum Gasteiger partial charge on any atom is 0.255 e. The molecule has 0 bridgehead atoms. The van der Waals surface area contributed by atoms with Crippen molar-refractivity contribution in [2.45, 2.75) is 12.3 Å². The van der Waals surface area contributed by atoms with E-state index < -0.39 is 0 Å². The van der Waals surface area contributed by atoms with E-state index in [9.17, 15) is 14.0 Å². The van der Waals surface area contributed by atoms with Gasteiger partial charge in [0.15, 0.2) is 0 Å². The number of aryl methyl sites for hydroxylation is 1. The zero-order valence-electron chi connectivity index (χ0n) is 16.4. The van der Waals surface area contributed by atoms with E-state index in [4.69, 9.17) is 23.2 Å². The van der Waals surface area contributed by atoms with Crippen LogP contribution in [0.4, 0.5) is 15.8 Å². The Kier molecular flexibility index (Phi) is 6.23. The Morgan fingerprint density at radius 2 is 1.90 bits per heavy atom. The fraction of sp³-hybridized carbons (Fsp3) is 0.130. The molecule has 0 spiro atoms. The van der Waals surface area contributed by atoms with Gasteiger partial charge in [-0.05, 0) is 60.5 Å². The van der Waals surface area contributed by atoms with Gasteiger partial charge in [0.2, 0.25) is 5.91 Å². The maximum absolute atomic E-state index is 14.1. The van der Waals surface area contributed by atoms with E-state index in [2.05, 4.69) is 5.32 Å². The Bertz CT molecular complexity index is 1190. The molecule has 4 nitrogen and oxygen atoms in total. The molecule has 1 aliphatic heterocycles. The van der Waals surface area contributed by atoms with Crippen molar-refractivity contribution in [2.75, 3.05) is 16.0 Å². The summed E-state index contributed by atoms with van der Waals surface area (Å²) in [5.74, 6) is -0.490. The summed E-state index contributed by atoms with van der Waals surface area (Å²) in [5.41, 5.74) is 2.80. The van der Waals surface area contributed by atoms with Gasteiger partial charge in [-0.1, -0.05) is 41.4 Å². The lowest BCUT2D eigenvalue weighted by Crippen LogP contribution is -2.28. The highest BCUT2D eigenvalue weighted by Crippen LogP contribution is 2.42. The molecule has 1 heterocycles. The minimum atomic E-state index is -0.358. The predicted molar refractivity (Wildman–Crippen MR) is 125 cm³/mol. The normalized spacial score (nSPS) is 15.9. The maximum atomic E-state index is 14.1. The lowest BCUT2D eigenvalue weighted by atomic mass is 10.1. The zero-order valence-corrected chi connectivity index (χ0v) is 18.7. The first-order chi connectivity index (χ1) is 14.8. The average Bonchev–Trinajstić information content (AvgIpc) is 3.13. The summed E-state index contributed by atoms with van der Waals surface area (Å²) in [4.78, 5) is 26.7. The molecule has 0 aliphatic carbocycles. The number of rotatable bonds is 4. The van der Waals surface area contributed by atoms with Gasteiger partial charge < -0.3 is 5.32 Å². The number of nitrogens with zero attached hydrogens (tertiary/aromatic N) is 1. The number of carbonyl (C=O) groups is 2. The third kappa shape index (κ3) is 4.56. The van der Waals surface area contributed by atoms with E-state index in [0.29, 0.717) is 38.3 Å². The van der Waals surface area contributed by atoms with Crippen molar-refractivity contribution < 1.29 is 14.0 Å². The predicted octanol–water partition coefficient (Wildman–Crippen LogP) is 6.47.